The summed E-state index contributed by atoms with van der Waals surface area (Å²) in [6.07, 6.45) is 1.44. The molecular formula is C7H8IN5O. The van der Waals surface area contributed by atoms with Crippen molar-refractivity contribution < 1.29 is 0 Å². The largest absolute Gasteiger partial charge is 0.361 e. The predicted octanol–water partition coefficient (Wildman–Crippen LogP) is 0.384. The van der Waals surface area contributed by atoms with E-state index in [1.54, 1.807) is 0 Å². The van der Waals surface area contributed by atoms with Gasteiger partial charge >= 0.3 is 5.69 Å². The second-order valence-corrected chi connectivity index (χ2v) is 3.97. The molecule has 74 valence electrons. The van der Waals surface area contributed by atoms with Gasteiger partial charge in [0.1, 0.15) is 11.8 Å². The van der Waals surface area contributed by atoms with Gasteiger partial charge in [0, 0.05) is 14.1 Å². The van der Waals surface area contributed by atoms with Crippen molar-refractivity contribution in [1.82, 2.24) is 17.7 Å². The van der Waals surface area contributed by atoms with Crippen molar-refractivity contribution in [3.8, 4) is 0 Å². The van der Waals surface area contributed by atoms with Gasteiger partial charge in [-0.15, -0.1) is 0 Å². The van der Waals surface area contributed by atoms with Gasteiger partial charge in [0.25, 0.3) is 0 Å². The Bertz CT molecular complexity index is 528. The molecule has 0 saturated carbocycles. The highest BCUT2D eigenvalue weighted by atomic mass is 127. The summed E-state index contributed by atoms with van der Waals surface area (Å²) in [5.41, 5.74) is 1.08. The van der Waals surface area contributed by atoms with Crippen molar-refractivity contribution in [1.29, 1.82) is 0 Å². The maximum Gasteiger partial charge on any atom is 0.336 e. The molecule has 0 aliphatic carbocycles. The van der Waals surface area contributed by atoms with Crippen LogP contribution in [0.4, 0.5) is 5.82 Å². The van der Waals surface area contributed by atoms with E-state index in [-0.39, 0.29) is 5.69 Å². The van der Waals surface area contributed by atoms with Crippen molar-refractivity contribution in [2.24, 2.45) is 0 Å². The lowest BCUT2D eigenvalue weighted by molar-refractivity contribution is 1.05. The summed E-state index contributed by atoms with van der Waals surface area (Å²) < 4.78 is 1.43. The number of nitrogens with zero attached hydrogens (tertiary/aromatic N) is 4. The highest BCUT2D eigenvalue weighted by molar-refractivity contribution is 14.1. The minimum Gasteiger partial charge on any atom is -0.361 e. The first kappa shape index (κ1) is 9.44. The molecule has 2 heterocycles. The number of aromatic nitrogens is 4. The standard InChI is InChI=1S/C7H8IN5O/c1-12(2)5-4-6(10-3-9-5)13(8)7(14)11-4/h3H,1-2H3,(H,11,14). The van der Waals surface area contributed by atoms with Crippen LogP contribution < -0.4 is 10.6 Å². The third-order valence-corrected chi connectivity index (χ3v) is 2.72. The molecule has 0 unspecified atom stereocenters. The molecule has 0 fully saturated rings. The number of hydrogen-bond donors (Lipinski definition) is 1. The van der Waals surface area contributed by atoms with Crippen LogP contribution in [-0.2, 0) is 0 Å². The van der Waals surface area contributed by atoms with Crippen LogP contribution in [0.5, 0.6) is 0 Å². The van der Waals surface area contributed by atoms with Crippen LogP contribution in [-0.4, -0.2) is 31.8 Å². The van der Waals surface area contributed by atoms with Crippen molar-refractivity contribution in [2.75, 3.05) is 19.0 Å². The molecule has 0 spiro atoms. The van der Waals surface area contributed by atoms with E-state index < -0.39 is 0 Å². The van der Waals surface area contributed by atoms with E-state index in [4.69, 9.17) is 0 Å². The molecule has 0 amide bonds. The van der Waals surface area contributed by atoms with Gasteiger partial charge in [-0.2, -0.15) is 0 Å². The smallest absolute Gasteiger partial charge is 0.336 e. The first-order valence-corrected chi connectivity index (χ1v) is 4.87. The number of anilines is 1. The van der Waals surface area contributed by atoms with Gasteiger partial charge in [0.05, 0.1) is 22.9 Å². The number of fused-ring (bicyclic) bond motifs is 1. The Hall–Kier alpha value is -1.12. The number of nitrogens with one attached hydrogen (secondary N) is 1. The van der Waals surface area contributed by atoms with Gasteiger partial charge in [0.2, 0.25) is 0 Å². The molecule has 0 atom stereocenters. The highest BCUT2D eigenvalue weighted by Crippen LogP contribution is 2.18. The van der Waals surface area contributed by atoms with E-state index in [2.05, 4.69) is 15.0 Å². The maximum absolute atomic E-state index is 11.3. The molecule has 1 N–H and O–H groups in total. The minimum atomic E-state index is -0.191. The van der Waals surface area contributed by atoms with E-state index in [1.165, 1.54) is 9.11 Å². The lowest BCUT2D eigenvalue weighted by atomic mass is 10.5. The van der Waals surface area contributed by atoms with Crippen LogP contribution in [0, 0.1) is 0 Å². The molecule has 6 nitrogen and oxygen atoms in total. The topological polar surface area (TPSA) is 66.8 Å². The number of rotatable bonds is 1. The average Bonchev–Trinajstić information content (AvgIpc) is 2.43. The average molecular weight is 305 g/mol. The Balaban J connectivity index is 2.88. The summed E-state index contributed by atoms with van der Waals surface area (Å²) in [5, 5.41) is 0. The Kier molecular flexibility index (Phi) is 2.17. The molecule has 0 aromatic carbocycles. The minimum absolute atomic E-state index is 0.191. The summed E-state index contributed by atoms with van der Waals surface area (Å²) in [4.78, 5) is 24.0. The molecule has 2 aromatic rings. The van der Waals surface area contributed by atoms with E-state index >= 15 is 0 Å². The highest BCUT2D eigenvalue weighted by Gasteiger charge is 2.11. The Labute approximate surface area is 93.5 Å². The quantitative estimate of drug-likeness (QED) is 0.774. The molecule has 2 rings (SSSR count). The number of halogens is 1. The number of imidazole rings is 1. The molecule has 7 heteroatoms. The fourth-order valence-corrected chi connectivity index (χ4v) is 1.71. The summed E-state index contributed by atoms with van der Waals surface area (Å²) in [6.45, 7) is 0. The monoisotopic (exact) mass is 305 g/mol. The molecule has 0 aliphatic heterocycles. The first-order valence-electron chi connectivity index (χ1n) is 3.90. The Morgan fingerprint density at radius 1 is 1.50 bits per heavy atom. The lowest BCUT2D eigenvalue weighted by Crippen LogP contribution is -2.11. The predicted molar refractivity (Wildman–Crippen MR) is 61.9 cm³/mol. The summed E-state index contributed by atoms with van der Waals surface area (Å²) >= 11 is 1.90. The molecular weight excluding hydrogens is 297 g/mol. The van der Waals surface area contributed by atoms with Crippen LogP contribution in [0.25, 0.3) is 11.2 Å². The molecule has 0 aliphatic rings. The molecule has 0 radical (unpaired) electrons. The van der Waals surface area contributed by atoms with Crippen LogP contribution in [0.1, 0.15) is 0 Å². The van der Waals surface area contributed by atoms with Gasteiger partial charge in [-0.1, -0.05) is 0 Å². The zero-order valence-corrected chi connectivity index (χ0v) is 9.81. The van der Waals surface area contributed by atoms with Crippen molar-refractivity contribution >= 4 is 39.8 Å². The zero-order valence-electron chi connectivity index (χ0n) is 7.65. The number of aromatic amines is 1. The third-order valence-electron chi connectivity index (χ3n) is 1.83. The van der Waals surface area contributed by atoms with Gasteiger partial charge in [0.15, 0.2) is 11.5 Å². The van der Waals surface area contributed by atoms with E-state index in [0.29, 0.717) is 17.0 Å². The molecule has 0 bridgehead atoms. The summed E-state index contributed by atoms with van der Waals surface area (Å²) in [5.74, 6) is 0.711. The van der Waals surface area contributed by atoms with E-state index in [0.717, 1.165) is 0 Å². The van der Waals surface area contributed by atoms with E-state index in [1.807, 2.05) is 41.9 Å². The lowest BCUT2D eigenvalue weighted by Gasteiger charge is -2.10. The van der Waals surface area contributed by atoms with Crippen molar-refractivity contribution in [3.05, 3.63) is 16.8 Å². The maximum atomic E-state index is 11.3. The Morgan fingerprint density at radius 3 is 2.86 bits per heavy atom. The SMILES string of the molecule is CN(C)c1ncnc2c1[nH]c(=O)n2I. The summed E-state index contributed by atoms with van der Waals surface area (Å²) in [7, 11) is 3.73. The Morgan fingerprint density at radius 2 is 2.21 bits per heavy atom. The molecule has 0 saturated heterocycles. The van der Waals surface area contributed by atoms with Crippen LogP contribution in [0.15, 0.2) is 11.1 Å². The third kappa shape index (κ3) is 1.27. The van der Waals surface area contributed by atoms with Crippen molar-refractivity contribution in [2.45, 2.75) is 0 Å². The number of H-pyrrole nitrogens is 1. The van der Waals surface area contributed by atoms with Crippen LogP contribution in [0.2, 0.25) is 0 Å². The fourth-order valence-electron chi connectivity index (χ4n) is 1.22. The van der Waals surface area contributed by atoms with Gasteiger partial charge in [-0.25, -0.2) is 17.5 Å². The van der Waals surface area contributed by atoms with Crippen LogP contribution in [0.3, 0.4) is 0 Å². The van der Waals surface area contributed by atoms with E-state index in [9.17, 15) is 4.79 Å². The summed E-state index contributed by atoms with van der Waals surface area (Å²) in [6, 6.07) is 0. The van der Waals surface area contributed by atoms with Crippen LogP contribution >= 0.6 is 22.9 Å². The van der Waals surface area contributed by atoms with Gasteiger partial charge in [-0.05, 0) is 0 Å². The first-order chi connectivity index (χ1) is 6.61. The second-order valence-electron chi connectivity index (χ2n) is 3.00. The normalized spacial score (nSPS) is 10.8. The second kappa shape index (κ2) is 3.23. The molecule has 14 heavy (non-hydrogen) atoms. The van der Waals surface area contributed by atoms with Gasteiger partial charge in [-0.3, -0.25) is 0 Å². The zero-order chi connectivity index (χ0) is 10.3. The number of hydrogen-bond acceptors (Lipinski definition) is 4. The molecule has 2 aromatic heterocycles. The van der Waals surface area contributed by atoms with Crippen molar-refractivity contribution in [3.63, 3.8) is 0 Å². The van der Waals surface area contributed by atoms with Gasteiger partial charge < -0.3 is 9.88 Å². The fraction of sp³-hybridized carbons (Fsp3) is 0.286.